The van der Waals surface area contributed by atoms with Crippen molar-refractivity contribution in [3.63, 3.8) is 0 Å². The topological polar surface area (TPSA) is 54.2 Å². The fourth-order valence-corrected chi connectivity index (χ4v) is 3.05. The van der Waals surface area contributed by atoms with Crippen LogP contribution in [0, 0.1) is 5.92 Å². The van der Waals surface area contributed by atoms with Crippen LogP contribution in [0.4, 0.5) is 0 Å². The molecule has 0 fully saturated rings. The van der Waals surface area contributed by atoms with Gasteiger partial charge in [0.25, 0.3) is 0 Å². The predicted molar refractivity (Wildman–Crippen MR) is 96.5 cm³/mol. The van der Waals surface area contributed by atoms with Crippen LogP contribution in [0.3, 0.4) is 0 Å². The summed E-state index contributed by atoms with van der Waals surface area (Å²) in [6, 6.07) is 10.5. The van der Waals surface area contributed by atoms with Crippen LogP contribution in [0.2, 0.25) is 0 Å². The van der Waals surface area contributed by atoms with Crippen molar-refractivity contribution in [3.8, 4) is 0 Å². The average Bonchev–Trinajstić information content (AvgIpc) is 2.89. The molecule has 0 radical (unpaired) electrons. The predicted octanol–water partition coefficient (Wildman–Crippen LogP) is 2.96. The highest BCUT2D eigenvalue weighted by molar-refractivity contribution is 5.15. The Bertz CT molecular complexity index is 622. The first kappa shape index (κ1) is 18.6. The van der Waals surface area contributed by atoms with Crippen molar-refractivity contribution in [1.29, 1.82) is 0 Å². The van der Waals surface area contributed by atoms with Gasteiger partial charge in [0.2, 0.25) is 0 Å². The van der Waals surface area contributed by atoms with Gasteiger partial charge in [-0.15, -0.1) is 10.2 Å². The third-order valence-corrected chi connectivity index (χ3v) is 4.51. The van der Waals surface area contributed by atoms with Crippen molar-refractivity contribution < 1.29 is 5.11 Å². The van der Waals surface area contributed by atoms with Gasteiger partial charge in [0, 0.05) is 25.6 Å². The average molecular weight is 330 g/mol. The largest absolute Gasteiger partial charge is 0.395 e. The summed E-state index contributed by atoms with van der Waals surface area (Å²) in [6.45, 7) is 10.1. The molecular formula is C19H30N4O. The van der Waals surface area contributed by atoms with E-state index in [9.17, 15) is 5.11 Å². The normalized spacial score (nSPS) is 13.2. The summed E-state index contributed by atoms with van der Waals surface area (Å²) in [4.78, 5) is 2.30. The third kappa shape index (κ3) is 4.42. The third-order valence-electron chi connectivity index (χ3n) is 4.51. The minimum absolute atomic E-state index is 0.0874. The molecule has 2 rings (SSSR count). The second kappa shape index (κ2) is 8.40. The summed E-state index contributed by atoms with van der Waals surface area (Å²) in [5, 5.41) is 18.6. The number of aromatic nitrogens is 3. The molecule has 0 amide bonds. The highest BCUT2D eigenvalue weighted by Gasteiger charge is 2.24. The lowest BCUT2D eigenvalue weighted by atomic mass is 10.0. The molecule has 1 N–H and O–H groups in total. The Morgan fingerprint density at radius 3 is 2.21 bits per heavy atom. The summed E-state index contributed by atoms with van der Waals surface area (Å²) >= 11 is 0. The fraction of sp³-hybridized carbons (Fsp3) is 0.579. The van der Waals surface area contributed by atoms with E-state index in [4.69, 9.17) is 0 Å². The molecule has 2 aromatic rings. The molecule has 5 nitrogen and oxygen atoms in total. The van der Waals surface area contributed by atoms with Crippen molar-refractivity contribution in [2.75, 3.05) is 6.61 Å². The van der Waals surface area contributed by atoms with Gasteiger partial charge in [-0.25, -0.2) is 0 Å². The Hall–Kier alpha value is -1.72. The summed E-state index contributed by atoms with van der Waals surface area (Å²) < 4.78 is 2.08. The Morgan fingerprint density at radius 1 is 1.04 bits per heavy atom. The zero-order valence-electron chi connectivity index (χ0n) is 15.5. The first-order chi connectivity index (χ1) is 11.4. The Kier molecular flexibility index (Phi) is 6.52. The van der Waals surface area contributed by atoms with Gasteiger partial charge in [-0.05, 0) is 11.5 Å². The van der Waals surface area contributed by atoms with Gasteiger partial charge >= 0.3 is 0 Å². The van der Waals surface area contributed by atoms with E-state index in [1.54, 1.807) is 0 Å². The van der Waals surface area contributed by atoms with Gasteiger partial charge in [-0.3, -0.25) is 4.90 Å². The number of hydrogen-bond acceptors (Lipinski definition) is 4. The maximum Gasteiger partial charge on any atom is 0.146 e. The van der Waals surface area contributed by atoms with E-state index < -0.39 is 0 Å². The number of rotatable bonds is 8. The molecule has 24 heavy (non-hydrogen) atoms. The van der Waals surface area contributed by atoms with Crippen LogP contribution in [0.1, 0.15) is 50.8 Å². The standard InChI is InChI=1S/C19H30N4O/c1-14(2)17(13-24)23(11-16-9-7-6-8-10-16)12-18-20-21-19(15(3)4)22(18)5/h6-10,14-15,17,24H,11-13H2,1-5H3. The zero-order valence-corrected chi connectivity index (χ0v) is 15.5. The smallest absolute Gasteiger partial charge is 0.146 e. The van der Waals surface area contributed by atoms with Gasteiger partial charge in [0.15, 0.2) is 0 Å². The number of nitrogens with zero attached hydrogens (tertiary/aromatic N) is 4. The maximum atomic E-state index is 9.90. The van der Waals surface area contributed by atoms with Crippen molar-refractivity contribution in [2.45, 2.75) is 52.7 Å². The van der Waals surface area contributed by atoms with E-state index in [1.165, 1.54) is 5.56 Å². The molecule has 1 unspecified atom stereocenters. The number of aliphatic hydroxyl groups is 1. The second-order valence-electron chi connectivity index (χ2n) is 7.07. The minimum Gasteiger partial charge on any atom is -0.395 e. The second-order valence-corrected chi connectivity index (χ2v) is 7.07. The lowest BCUT2D eigenvalue weighted by Gasteiger charge is -2.33. The summed E-state index contributed by atoms with van der Waals surface area (Å²) in [5.74, 6) is 2.64. The Labute approximate surface area is 145 Å². The highest BCUT2D eigenvalue weighted by Crippen LogP contribution is 2.19. The molecule has 0 spiro atoms. The van der Waals surface area contributed by atoms with E-state index in [-0.39, 0.29) is 12.6 Å². The summed E-state index contributed by atoms with van der Waals surface area (Å²) in [6.07, 6.45) is 0. The highest BCUT2D eigenvalue weighted by atomic mass is 16.3. The Balaban J connectivity index is 2.25. The van der Waals surface area contributed by atoms with E-state index in [1.807, 2.05) is 13.1 Å². The number of hydrogen-bond donors (Lipinski definition) is 1. The summed E-state index contributed by atoms with van der Waals surface area (Å²) in [5.41, 5.74) is 1.24. The number of aliphatic hydroxyl groups excluding tert-OH is 1. The number of benzene rings is 1. The van der Waals surface area contributed by atoms with Crippen LogP contribution in [-0.2, 0) is 20.1 Å². The van der Waals surface area contributed by atoms with Gasteiger partial charge in [0.1, 0.15) is 11.6 Å². The van der Waals surface area contributed by atoms with E-state index in [0.29, 0.717) is 18.4 Å². The first-order valence-corrected chi connectivity index (χ1v) is 8.71. The lowest BCUT2D eigenvalue weighted by molar-refractivity contribution is 0.0755. The SMILES string of the molecule is CC(C)c1nnc(CN(Cc2ccccc2)C(CO)C(C)C)n1C. The quantitative estimate of drug-likeness (QED) is 0.808. The lowest BCUT2D eigenvalue weighted by Crippen LogP contribution is -2.41. The van der Waals surface area contributed by atoms with Crippen molar-refractivity contribution in [2.24, 2.45) is 13.0 Å². The molecular weight excluding hydrogens is 300 g/mol. The van der Waals surface area contributed by atoms with Crippen LogP contribution in [0.25, 0.3) is 0 Å². The van der Waals surface area contributed by atoms with Crippen molar-refractivity contribution in [3.05, 3.63) is 47.5 Å². The minimum atomic E-state index is 0.0874. The van der Waals surface area contributed by atoms with Crippen LogP contribution in [0.5, 0.6) is 0 Å². The molecule has 1 aromatic heterocycles. The van der Waals surface area contributed by atoms with E-state index >= 15 is 0 Å². The summed E-state index contributed by atoms with van der Waals surface area (Å²) in [7, 11) is 2.02. The molecule has 1 aromatic carbocycles. The van der Waals surface area contributed by atoms with Gasteiger partial charge in [-0.1, -0.05) is 58.0 Å². The fourth-order valence-electron chi connectivity index (χ4n) is 3.05. The van der Waals surface area contributed by atoms with E-state index in [2.05, 4.69) is 71.6 Å². The molecule has 1 heterocycles. The molecule has 5 heteroatoms. The van der Waals surface area contributed by atoms with Crippen molar-refractivity contribution >= 4 is 0 Å². The zero-order chi connectivity index (χ0) is 17.7. The van der Waals surface area contributed by atoms with Crippen LogP contribution >= 0.6 is 0 Å². The molecule has 0 aliphatic rings. The molecule has 0 bridgehead atoms. The van der Waals surface area contributed by atoms with Gasteiger partial charge in [0.05, 0.1) is 13.2 Å². The van der Waals surface area contributed by atoms with Gasteiger partial charge < -0.3 is 9.67 Å². The van der Waals surface area contributed by atoms with Crippen LogP contribution in [0.15, 0.2) is 30.3 Å². The molecule has 1 atom stereocenters. The maximum absolute atomic E-state index is 9.90. The van der Waals surface area contributed by atoms with Crippen molar-refractivity contribution in [1.82, 2.24) is 19.7 Å². The van der Waals surface area contributed by atoms with Crippen LogP contribution in [-0.4, -0.2) is 37.4 Å². The Morgan fingerprint density at radius 2 is 1.71 bits per heavy atom. The molecule has 132 valence electrons. The monoisotopic (exact) mass is 330 g/mol. The first-order valence-electron chi connectivity index (χ1n) is 8.71. The molecule has 0 saturated heterocycles. The molecule has 0 aliphatic carbocycles. The van der Waals surface area contributed by atoms with E-state index in [0.717, 1.165) is 18.2 Å². The molecule has 0 saturated carbocycles. The molecule has 0 aliphatic heterocycles. The van der Waals surface area contributed by atoms with Crippen LogP contribution < -0.4 is 0 Å². The van der Waals surface area contributed by atoms with Gasteiger partial charge in [-0.2, -0.15) is 0 Å².